The molecule has 8 nitrogen and oxygen atoms in total. The summed E-state index contributed by atoms with van der Waals surface area (Å²) in [5, 5.41) is 6.92. The van der Waals surface area contributed by atoms with Crippen LogP contribution in [0.4, 0.5) is 5.69 Å². The first kappa shape index (κ1) is 22.3. The number of hydrogen-bond acceptors (Lipinski definition) is 6. The number of esters is 1. The first-order chi connectivity index (χ1) is 14.9. The molecule has 31 heavy (non-hydrogen) atoms. The first-order valence-electron chi connectivity index (χ1n) is 9.11. The number of para-hydroxylation sites is 1. The van der Waals surface area contributed by atoms with Gasteiger partial charge in [0.1, 0.15) is 12.4 Å². The fourth-order valence-electron chi connectivity index (χ4n) is 2.48. The quantitative estimate of drug-likeness (QED) is 0.515. The summed E-state index contributed by atoms with van der Waals surface area (Å²) in [5.74, 6) is -0.816. The third kappa shape index (κ3) is 6.31. The summed E-state index contributed by atoms with van der Waals surface area (Å²) in [4.78, 5) is 36.2. The minimum Gasteiger partial charge on any atom is -0.492 e. The van der Waals surface area contributed by atoms with Gasteiger partial charge in [-0.2, -0.15) is 5.10 Å². The van der Waals surface area contributed by atoms with E-state index < -0.39 is 24.0 Å². The Morgan fingerprint density at radius 3 is 2.55 bits per heavy atom. The molecular weight excluding hydrogens is 445 g/mol. The maximum absolute atomic E-state index is 12.2. The molecule has 3 rings (SSSR count). The van der Waals surface area contributed by atoms with Crippen molar-refractivity contribution in [3.63, 3.8) is 0 Å². The molecule has 0 aliphatic rings. The molecule has 0 spiro atoms. The zero-order valence-corrected chi connectivity index (χ0v) is 17.6. The van der Waals surface area contributed by atoms with Crippen LogP contribution in [0.1, 0.15) is 10.5 Å². The van der Waals surface area contributed by atoms with E-state index in [2.05, 4.69) is 10.4 Å². The standard InChI is InChI=1S/C21H17Cl2N3O5/c22-15-7-4-8-16(20(15)23)24-18(27)13-31-21(29)17-9-10-19(28)26(25-17)11-12-30-14-5-2-1-3-6-14/h1-10H,11-13H2,(H,24,27). The van der Waals surface area contributed by atoms with Gasteiger partial charge in [-0.3, -0.25) is 9.59 Å². The van der Waals surface area contributed by atoms with Gasteiger partial charge in [-0.25, -0.2) is 9.48 Å². The molecule has 160 valence electrons. The van der Waals surface area contributed by atoms with Crippen LogP contribution in [-0.4, -0.2) is 34.9 Å². The van der Waals surface area contributed by atoms with Crippen LogP contribution in [0, 0.1) is 0 Å². The summed E-state index contributed by atoms with van der Waals surface area (Å²) in [5.41, 5.74) is -0.227. The van der Waals surface area contributed by atoms with E-state index in [0.29, 0.717) is 11.4 Å². The summed E-state index contributed by atoms with van der Waals surface area (Å²) >= 11 is 11.9. The number of rotatable bonds is 8. The average Bonchev–Trinajstić information content (AvgIpc) is 2.77. The van der Waals surface area contributed by atoms with Gasteiger partial charge >= 0.3 is 5.97 Å². The number of hydrogen-bond donors (Lipinski definition) is 1. The van der Waals surface area contributed by atoms with Gasteiger partial charge in [0.05, 0.1) is 22.3 Å². The Morgan fingerprint density at radius 2 is 1.77 bits per heavy atom. The second kappa shape index (κ2) is 10.6. The Balaban J connectivity index is 1.55. The molecule has 2 aromatic carbocycles. The van der Waals surface area contributed by atoms with Crippen molar-refractivity contribution in [2.75, 3.05) is 18.5 Å². The van der Waals surface area contributed by atoms with Crippen molar-refractivity contribution in [3.8, 4) is 5.75 Å². The van der Waals surface area contributed by atoms with Gasteiger partial charge in [0.25, 0.3) is 11.5 Å². The smallest absolute Gasteiger partial charge is 0.359 e. The number of amides is 1. The molecule has 1 N–H and O–H groups in total. The fourth-order valence-corrected chi connectivity index (χ4v) is 2.82. The van der Waals surface area contributed by atoms with E-state index in [-0.39, 0.29) is 28.9 Å². The SMILES string of the molecule is O=C(COC(=O)c1ccc(=O)n(CCOc2ccccc2)n1)Nc1cccc(Cl)c1Cl. The van der Waals surface area contributed by atoms with Crippen molar-refractivity contribution in [3.05, 3.63) is 86.8 Å². The summed E-state index contributed by atoms with van der Waals surface area (Å²) in [6, 6.07) is 16.2. The van der Waals surface area contributed by atoms with Crippen LogP contribution < -0.4 is 15.6 Å². The lowest BCUT2D eigenvalue weighted by molar-refractivity contribution is -0.119. The number of aromatic nitrogens is 2. The lowest BCUT2D eigenvalue weighted by atomic mass is 10.3. The predicted molar refractivity (Wildman–Crippen MR) is 116 cm³/mol. The molecule has 0 aliphatic heterocycles. The number of carbonyl (C=O) groups is 2. The summed E-state index contributed by atoms with van der Waals surface area (Å²) < 4.78 is 11.6. The topological polar surface area (TPSA) is 99.5 Å². The Hall–Kier alpha value is -3.36. The maximum atomic E-state index is 12.2. The second-order valence-corrected chi connectivity index (χ2v) is 6.95. The van der Waals surface area contributed by atoms with Crippen LogP contribution in [-0.2, 0) is 16.1 Å². The minimum atomic E-state index is -0.856. The Bertz CT molecular complexity index is 1140. The van der Waals surface area contributed by atoms with Crippen LogP contribution in [0.2, 0.25) is 10.0 Å². The summed E-state index contributed by atoms with van der Waals surface area (Å²) in [6.45, 7) is -0.263. The van der Waals surface area contributed by atoms with Crippen LogP contribution in [0.3, 0.4) is 0 Å². The molecule has 10 heteroatoms. The van der Waals surface area contributed by atoms with E-state index >= 15 is 0 Å². The normalized spacial score (nSPS) is 10.4. The molecule has 0 atom stereocenters. The van der Waals surface area contributed by atoms with Crippen LogP contribution in [0.25, 0.3) is 0 Å². The third-order valence-corrected chi connectivity index (χ3v) is 4.77. The zero-order valence-electron chi connectivity index (χ0n) is 16.1. The van der Waals surface area contributed by atoms with E-state index in [1.165, 1.54) is 12.1 Å². The van der Waals surface area contributed by atoms with Crippen molar-refractivity contribution >= 4 is 40.8 Å². The van der Waals surface area contributed by atoms with Gasteiger partial charge < -0.3 is 14.8 Å². The van der Waals surface area contributed by atoms with E-state index in [0.717, 1.165) is 4.68 Å². The predicted octanol–water partition coefficient (Wildman–Crippen LogP) is 3.42. The van der Waals surface area contributed by atoms with E-state index in [4.69, 9.17) is 32.7 Å². The van der Waals surface area contributed by atoms with Crippen molar-refractivity contribution in [2.45, 2.75) is 6.54 Å². The first-order valence-corrected chi connectivity index (χ1v) is 9.86. The molecule has 1 aromatic heterocycles. The van der Waals surface area contributed by atoms with E-state index in [1.54, 1.807) is 30.3 Å². The number of halogens is 2. The highest BCUT2D eigenvalue weighted by Gasteiger charge is 2.15. The van der Waals surface area contributed by atoms with Gasteiger partial charge in [-0.05, 0) is 30.3 Å². The number of ether oxygens (including phenoxy) is 2. The molecule has 0 unspecified atom stereocenters. The molecule has 0 saturated carbocycles. The highest BCUT2D eigenvalue weighted by atomic mass is 35.5. The van der Waals surface area contributed by atoms with Gasteiger partial charge in [0.2, 0.25) is 0 Å². The third-order valence-electron chi connectivity index (χ3n) is 3.95. The second-order valence-electron chi connectivity index (χ2n) is 6.17. The highest BCUT2D eigenvalue weighted by Crippen LogP contribution is 2.29. The molecule has 1 heterocycles. The van der Waals surface area contributed by atoms with Crippen molar-refractivity contribution < 1.29 is 19.1 Å². The number of nitrogens with zero attached hydrogens (tertiary/aromatic N) is 2. The lowest BCUT2D eigenvalue weighted by Gasteiger charge is -2.10. The minimum absolute atomic E-state index is 0.118. The molecule has 0 fully saturated rings. The number of anilines is 1. The van der Waals surface area contributed by atoms with Crippen molar-refractivity contribution in [2.24, 2.45) is 0 Å². The zero-order chi connectivity index (χ0) is 22.2. The number of nitrogens with one attached hydrogen (secondary N) is 1. The lowest BCUT2D eigenvalue weighted by Crippen LogP contribution is -2.28. The number of carbonyl (C=O) groups excluding carboxylic acids is 2. The average molecular weight is 462 g/mol. The van der Waals surface area contributed by atoms with Crippen LogP contribution >= 0.6 is 23.2 Å². The highest BCUT2D eigenvalue weighted by molar-refractivity contribution is 6.44. The molecule has 0 radical (unpaired) electrons. The van der Waals surface area contributed by atoms with E-state index in [1.807, 2.05) is 18.2 Å². The maximum Gasteiger partial charge on any atom is 0.359 e. The Kier molecular flexibility index (Phi) is 7.64. The Morgan fingerprint density at radius 1 is 1.00 bits per heavy atom. The van der Waals surface area contributed by atoms with Crippen molar-refractivity contribution in [1.82, 2.24) is 9.78 Å². The van der Waals surface area contributed by atoms with Gasteiger partial charge in [0.15, 0.2) is 12.3 Å². The summed E-state index contributed by atoms with van der Waals surface area (Å²) in [6.07, 6.45) is 0. The molecular formula is C21H17Cl2N3O5. The monoisotopic (exact) mass is 461 g/mol. The van der Waals surface area contributed by atoms with Gasteiger partial charge in [-0.15, -0.1) is 0 Å². The van der Waals surface area contributed by atoms with Crippen LogP contribution in [0.5, 0.6) is 5.75 Å². The molecule has 0 bridgehead atoms. The van der Waals surface area contributed by atoms with E-state index in [9.17, 15) is 14.4 Å². The Labute approximate surface area is 187 Å². The summed E-state index contributed by atoms with van der Waals surface area (Å²) in [7, 11) is 0. The molecule has 0 aliphatic carbocycles. The van der Waals surface area contributed by atoms with Crippen LogP contribution in [0.15, 0.2) is 65.5 Å². The molecule has 1 amide bonds. The largest absolute Gasteiger partial charge is 0.492 e. The molecule has 3 aromatic rings. The van der Waals surface area contributed by atoms with Gasteiger partial charge in [0, 0.05) is 6.07 Å². The van der Waals surface area contributed by atoms with Crippen molar-refractivity contribution in [1.29, 1.82) is 0 Å². The molecule has 0 saturated heterocycles. The fraction of sp³-hybridized carbons (Fsp3) is 0.143. The van der Waals surface area contributed by atoms with Gasteiger partial charge in [-0.1, -0.05) is 47.5 Å². The number of benzene rings is 2.